The number of benzene rings is 1. The summed E-state index contributed by atoms with van der Waals surface area (Å²) in [6.07, 6.45) is 6.17. The molecule has 4 aromatic rings. The molecule has 1 aliphatic heterocycles. The molecule has 3 N–H and O–H groups in total. The minimum Gasteiger partial charge on any atom is -0.345 e. The zero-order chi connectivity index (χ0) is 22.5. The first-order valence-corrected chi connectivity index (χ1v) is 11.1. The number of carbonyl (C=O) groups excluding carboxylic acids is 1. The van der Waals surface area contributed by atoms with Crippen molar-refractivity contribution in [2.75, 3.05) is 5.32 Å². The molecule has 1 aliphatic carbocycles. The number of nitrogens with one attached hydrogen (secondary N) is 3. The second kappa shape index (κ2) is 7.51. The van der Waals surface area contributed by atoms with E-state index in [1.54, 1.807) is 6.20 Å². The Hall–Kier alpha value is -4.07. The van der Waals surface area contributed by atoms with Crippen molar-refractivity contribution in [2.45, 2.75) is 38.6 Å². The van der Waals surface area contributed by atoms with Gasteiger partial charge in [0.05, 0.1) is 11.7 Å². The number of amides is 1. The van der Waals surface area contributed by atoms with Crippen LogP contribution in [0, 0.1) is 6.92 Å². The van der Waals surface area contributed by atoms with Gasteiger partial charge in [-0.2, -0.15) is 4.98 Å². The van der Waals surface area contributed by atoms with E-state index in [1.165, 1.54) is 18.5 Å². The molecule has 6 rings (SSSR count). The molecule has 1 atom stereocenters. The number of aryl methyl sites for hydroxylation is 1. The number of rotatable bonds is 5. The molecule has 164 valence electrons. The molecule has 1 amide bonds. The summed E-state index contributed by atoms with van der Waals surface area (Å²) >= 11 is 0. The Morgan fingerprint density at radius 3 is 2.58 bits per heavy atom. The molecule has 0 spiro atoms. The van der Waals surface area contributed by atoms with E-state index in [2.05, 4.69) is 47.9 Å². The predicted octanol–water partition coefficient (Wildman–Crippen LogP) is 4.66. The van der Waals surface area contributed by atoms with Gasteiger partial charge in [0.25, 0.3) is 5.91 Å². The van der Waals surface area contributed by atoms with E-state index in [0.717, 1.165) is 39.2 Å². The molecule has 0 bridgehead atoms. The van der Waals surface area contributed by atoms with Gasteiger partial charge < -0.3 is 10.6 Å². The van der Waals surface area contributed by atoms with Crippen LogP contribution in [0.1, 0.15) is 58.9 Å². The molecule has 8 nitrogen and oxygen atoms in total. The number of carbonyl (C=O) groups is 1. The highest BCUT2D eigenvalue weighted by atomic mass is 16.2. The van der Waals surface area contributed by atoms with Crippen molar-refractivity contribution in [3.8, 4) is 22.6 Å². The van der Waals surface area contributed by atoms with Crippen molar-refractivity contribution in [3.63, 3.8) is 0 Å². The third-order valence-electron chi connectivity index (χ3n) is 6.30. The predicted molar refractivity (Wildman–Crippen MR) is 125 cm³/mol. The summed E-state index contributed by atoms with van der Waals surface area (Å²) in [5.74, 6) is 1.70. The first kappa shape index (κ1) is 19.6. The molecule has 3 aromatic heterocycles. The van der Waals surface area contributed by atoms with Crippen molar-refractivity contribution >= 4 is 17.5 Å². The van der Waals surface area contributed by atoms with E-state index in [-0.39, 0.29) is 11.9 Å². The number of hydrogen-bond acceptors (Lipinski definition) is 6. The number of aromatic amines is 1. The number of anilines is 2. The fraction of sp³-hybridized carbons (Fsp3) is 0.240. The van der Waals surface area contributed by atoms with Crippen molar-refractivity contribution in [1.82, 2.24) is 30.5 Å². The highest BCUT2D eigenvalue weighted by Gasteiger charge is 2.26. The number of hydrogen-bond donors (Lipinski definition) is 3. The summed E-state index contributed by atoms with van der Waals surface area (Å²) in [6.45, 7) is 3.93. The summed E-state index contributed by atoms with van der Waals surface area (Å²) in [5, 5.41) is 13.5. The summed E-state index contributed by atoms with van der Waals surface area (Å²) in [4.78, 5) is 25.8. The van der Waals surface area contributed by atoms with Crippen LogP contribution in [0.5, 0.6) is 0 Å². The molecule has 1 aromatic carbocycles. The van der Waals surface area contributed by atoms with Gasteiger partial charge >= 0.3 is 0 Å². The van der Waals surface area contributed by atoms with Gasteiger partial charge in [0, 0.05) is 46.4 Å². The van der Waals surface area contributed by atoms with Gasteiger partial charge in [0.1, 0.15) is 0 Å². The highest BCUT2D eigenvalue weighted by molar-refractivity contribution is 6.00. The quantitative estimate of drug-likeness (QED) is 0.419. The largest absolute Gasteiger partial charge is 0.345 e. The second-order valence-electron chi connectivity index (χ2n) is 8.76. The van der Waals surface area contributed by atoms with Crippen LogP contribution in [0.3, 0.4) is 0 Å². The maximum absolute atomic E-state index is 12.0. The number of aromatic nitrogens is 5. The number of nitrogens with zero attached hydrogens (tertiary/aromatic N) is 4. The Labute approximate surface area is 190 Å². The number of fused-ring (bicyclic) bond motifs is 1. The fourth-order valence-electron chi connectivity index (χ4n) is 4.22. The molecule has 1 unspecified atom stereocenters. The van der Waals surface area contributed by atoms with Crippen LogP contribution in [-0.2, 0) is 0 Å². The first-order chi connectivity index (χ1) is 16.0. The van der Waals surface area contributed by atoms with Crippen molar-refractivity contribution in [2.24, 2.45) is 0 Å². The summed E-state index contributed by atoms with van der Waals surface area (Å²) in [5.41, 5.74) is 7.42. The van der Waals surface area contributed by atoms with Crippen LogP contribution in [0.2, 0.25) is 0 Å². The van der Waals surface area contributed by atoms with Gasteiger partial charge in [-0.15, -0.1) is 5.10 Å². The van der Waals surface area contributed by atoms with Gasteiger partial charge in [-0.25, -0.2) is 0 Å². The Morgan fingerprint density at radius 1 is 1.03 bits per heavy atom. The lowest BCUT2D eigenvalue weighted by Crippen LogP contribution is -2.16. The third kappa shape index (κ3) is 3.63. The van der Waals surface area contributed by atoms with Gasteiger partial charge in [0.2, 0.25) is 5.95 Å². The average molecular weight is 438 g/mol. The van der Waals surface area contributed by atoms with Crippen molar-refractivity contribution < 1.29 is 4.79 Å². The molecule has 0 saturated heterocycles. The van der Waals surface area contributed by atoms with Crippen LogP contribution >= 0.6 is 0 Å². The second-order valence-corrected chi connectivity index (χ2v) is 8.76. The lowest BCUT2D eigenvalue weighted by molar-refractivity contribution is 0.0958. The maximum atomic E-state index is 12.0. The monoisotopic (exact) mass is 437 g/mol. The summed E-state index contributed by atoms with van der Waals surface area (Å²) in [6, 6.07) is 12.0. The molecule has 33 heavy (non-hydrogen) atoms. The normalized spacial score (nSPS) is 17.0. The Balaban J connectivity index is 1.20. The number of pyridine rings is 2. The van der Waals surface area contributed by atoms with Crippen LogP contribution in [0.25, 0.3) is 22.6 Å². The van der Waals surface area contributed by atoms with Crippen LogP contribution in [-0.4, -0.2) is 31.1 Å². The topological polar surface area (TPSA) is 108 Å². The molecule has 0 radical (unpaired) electrons. The summed E-state index contributed by atoms with van der Waals surface area (Å²) < 4.78 is 0. The zero-order valence-electron chi connectivity index (χ0n) is 18.4. The Morgan fingerprint density at radius 2 is 1.85 bits per heavy atom. The zero-order valence-corrected chi connectivity index (χ0v) is 18.4. The maximum Gasteiger partial charge on any atom is 0.252 e. The average Bonchev–Trinajstić information content (AvgIpc) is 3.52. The molecule has 2 aliphatic rings. The summed E-state index contributed by atoms with van der Waals surface area (Å²) in [7, 11) is 0. The van der Waals surface area contributed by atoms with Crippen molar-refractivity contribution in [1.29, 1.82) is 0 Å². The van der Waals surface area contributed by atoms with Crippen LogP contribution in [0.15, 0.2) is 48.8 Å². The van der Waals surface area contributed by atoms with E-state index in [4.69, 9.17) is 0 Å². The van der Waals surface area contributed by atoms with E-state index < -0.39 is 0 Å². The molecule has 1 fully saturated rings. The lowest BCUT2D eigenvalue weighted by atomic mass is 10.0. The molecular weight excluding hydrogens is 414 g/mol. The molecule has 4 heterocycles. The van der Waals surface area contributed by atoms with Gasteiger partial charge in [-0.05, 0) is 74.2 Å². The number of H-pyrrole nitrogens is 1. The minimum atomic E-state index is -0.0297. The smallest absolute Gasteiger partial charge is 0.252 e. The molecule has 1 saturated carbocycles. The highest BCUT2D eigenvalue weighted by Crippen LogP contribution is 2.39. The standard InChI is InChI=1S/C25H23N7O/c1-13-9-19-18(14(2)28-24(19)33)10-22(13)29-25-30-23(31-32-25)17-6-8-21(27-12-17)16-5-7-20(26-11-16)15-3-4-15/h5-12,14-15H,3-4H2,1-2H3,(H,28,33)(H2,29,30,31,32). The molecule has 8 heteroatoms. The first-order valence-electron chi connectivity index (χ1n) is 11.1. The van der Waals surface area contributed by atoms with E-state index in [0.29, 0.717) is 17.7 Å². The minimum absolute atomic E-state index is 0.0129. The van der Waals surface area contributed by atoms with Gasteiger partial charge in [-0.1, -0.05) is 0 Å². The fourth-order valence-corrected chi connectivity index (χ4v) is 4.22. The Kier molecular flexibility index (Phi) is 4.46. The van der Waals surface area contributed by atoms with Crippen LogP contribution < -0.4 is 10.6 Å². The van der Waals surface area contributed by atoms with E-state index >= 15 is 0 Å². The molecular formula is C25H23N7O. The van der Waals surface area contributed by atoms with E-state index in [9.17, 15) is 4.79 Å². The SMILES string of the molecule is Cc1cc2c(cc1Nc1n[nH]c(-c3ccc(-c4ccc(C5CC5)nc4)nc3)n1)C(C)NC2=O. The lowest BCUT2D eigenvalue weighted by Gasteiger charge is -2.10. The van der Waals surface area contributed by atoms with Crippen molar-refractivity contribution in [3.05, 3.63) is 71.2 Å². The third-order valence-corrected chi connectivity index (χ3v) is 6.30. The Bertz CT molecular complexity index is 1350. The van der Waals surface area contributed by atoms with E-state index in [1.807, 2.05) is 44.3 Å². The van der Waals surface area contributed by atoms with Gasteiger partial charge in [-0.3, -0.25) is 19.9 Å². The van der Waals surface area contributed by atoms with Gasteiger partial charge in [0.15, 0.2) is 5.82 Å². The van der Waals surface area contributed by atoms with Crippen LogP contribution in [0.4, 0.5) is 11.6 Å².